The largest absolute Gasteiger partial charge is 0.388 e. The minimum absolute atomic E-state index is 0.0181. The van der Waals surface area contributed by atoms with Crippen LogP contribution in [-0.4, -0.2) is 29.8 Å². The van der Waals surface area contributed by atoms with E-state index in [2.05, 4.69) is 5.32 Å². The highest BCUT2D eigenvalue weighted by Crippen LogP contribution is 2.58. The number of hydrogen-bond acceptors (Lipinski definition) is 3. The molecule has 0 aromatic rings. The first kappa shape index (κ1) is 12.6. The van der Waals surface area contributed by atoms with Gasteiger partial charge in [-0.1, -0.05) is 0 Å². The molecule has 5 fully saturated rings. The number of nitrogens with two attached hydrogens (primary N) is 1. The Kier molecular flexibility index (Phi) is 2.95. The average molecular weight is 264 g/mol. The van der Waals surface area contributed by atoms with E-state index in [1.807, 2.05) is 0 Å². The minimum Gasteiger partial charge on any atom is -0.388 e. The molecule has 1 unspecified atom stereocenters. The van der Waals surface area contributed by atoms with Crippen molar-refractivity contribution in [3.05, 3.63) is 0 Å². The van der Waals surface area contributed by atoms with E-state index in [0.717, 1.165) is 49.6 Å². The van der Waals surface area contributed by atoms with Crippen LogP contribution in [0.3, 0.4) is 0 Å². The molecule has 19 heavy (non-hydrogen) atoms. The predicted octanol–water partition coefficient (Wildman–Crippen LogP) is 1.50. The van der Waals surface area contributed by atoms with E-state index in [-0.39, 0.29) is 6.04 Å². The lowest BCUT2D eigenvalue weighted by molar-refractivity contribution is -0.103. The molecule has 1 atom stereocenters. The molecule has 1 heterocycles. The van der Waals surface area contributed by atoms with Gasteiger partial charge in [-0.2, -0.15) is 0 Å². The second kappa shape index (κ2) is 4.44. The second-order valence-electron chi connectivity index (χ2n) is 7.89. The van der Waals surface area contributed by atoms with Crippen LogP contribution in [0.25, 0.3) is 0 Å². The summed E-state index contributed by atoms with van der Waals surface area (Å²) in [6.45, 7) is 1.86. The zero-order chi connectivity index (χ0) is 13.0. The van der Waals surface area contributed by atoms with Gasteiger partial charge in [-0.25, -0.2) is 0 Å². The third kappa shape index (κ3) is 1.97. The quantitative estimate of drug-likeness (QED) is 0.708. The molecule has 4 N–H and O–H groups in total. The summed E-state index contributed by atoms with van der Waals surface area (Å²) in [5, 5.41) is 14.3. The maximum atomic E-state index is 11.0. The fourth-order valence-electron chi connectivity index (χ4n) is 6.10. The molecule has 1 aliphatic heterocycles. The normalized spacial score (nSPS) is 49.3. The Balaban J connectivity index is 1.55. The van der Waals surface area contributed by atoms with Crippen LogP contribution in [0.2, 0.25) is 0 Å². The van der Waals surface area contributed by atoms with Crippen molar-refractivity contribution in [3.8, 4) is 0 Å². The van der Waals surface area contributed by atoms with Crippen LogP contribution >= 0.6 is 0 Å². The van der Waals surface area contributed by atoms with Crippen LogP contribution in [0.4, 0.5) is 0 Å². The Morgan fingerprint density at radius 1 is 0.947 bits per heavy atom. The van der Waals surface area contributed by atoms with Crippen LogP contribution in [0.1, 0.15) is 44.9 Å². The monoisotopic (exact) mass is 264 g/mol. The van der Waals surface area contributed by atoms with E-state index in [0.29, 0.717) is 5.92 Å². The third-order valence-electron chi connectivity index (χ3n) is 6.80. The highest BCUT2D eigenvalue weighted by atomic mass is 16.3. The van der Waals surface area contributed by atoms with Crippen molar-refractivity contribution in [2.75, 3.05) is 13.1 Å². The maximum Gasteiger partial charge on any atom is 0.0825 e. The Bertz CT molecular complexity index is 323. The van der Waals surface area contributed by atoms with E-state index >= 15 is 0 Å². The van der Waals surface area contributed by atoms with Crippen molar-refractivity contribution < 1.29 is 5.11 Å². The first-order valence-electron chi connectivity index (χ1n) is 8.34. The molecule has 0 spiro atoms. The summed E-state index contributed by atoms with van der Waals surface area (Å²) in [5.74, 6) is 4.24. The van der Waals surface area contributed by atoms with Crippen molar-refractivity contribution in [2.45, 2.75) is 56.6 Å². The summed E-state index contributed by atoms with van der Waals surface area (Å²) < 4.78 is 0. The van der Waals surface area contributed by atoms with E-state index in [4.69, 9.17) is 5.73 Å². The van der Waals surface area contributed by atoms with Gasteiger partial charge in [0.25, 0.3) is 0 Å². The van der Waals surface area contributed by atoms with Crippen molar-refractivity contribution in [3.63, 3.8) is 0 Å². The van der Waals surface area contributed by atoms with E-state index in [1.54, 1.807) is 0 Å². The molecule has 3 heteroatoms. The fourth-order valence-corrected chi connectivity index (χ4v) is 6.10. The number of hydrogen-bond donors (Lipinski definition) is 3. The molecular formula is C16H28N2O. The fraction of sp³-hybridized carbons (Fsp3) is 1.00. The van der Waals surface area contributed by atoms with E-state index in [9.17, 15) is 5.11 Å². The van der Waals surface area contributed by atoms with Crippen LogP contribution in [-0.2, 0) is 0 Å². The van der Waals surface area contributed by atoms with Gasteiger partial charge >= 0.3 is 0 Å². The van der Waals surface area contributed by atoms with Crippen LogP contribution in [0.5, 0.6) is 0 Å². The highest BCUT2D eigenvalue weighted by Gasteiger charge is 2.53. The number of piperidine rings is 1. The number of rotatable bonds is 2. The predicted molar refractivity (Wildman–Crippen MR) is 75.6 cm³/mol. The Morgan fingerprint density at radius 3 is 2.00 bits per heavy atom. The summed E-state index contributed by atoms with van der Waals surface area (Å²) in [5.41, 5.74) is 6.04. The molecule has 0 amide bonds. The molecule has 4 saturated carbocycles. The van der Waals surface area contributed by atoms with Crippen molar-refractivity contribution >= 4 is 0 Å². The van der Waals surface area contributed by atoms with Crippen molar-refractivity contribution in [1.82, 2.24) is 5.32 Å². The summed E-state index contributed by atoms with van der Waals surface area (Å²) in [6.07, 6.45) is 8.79. The molecule has 0 aromatic heterocycles. The van der Waals surface area contributed by atoms with Crippen LogP contribution < -0.4 is 11.1 Å². The van der Waals surface area contributed by atoms with Gasteiger partial charge in [0.05, 0.1) is 5.60 Å². The molecule has 4 aliphatic carbocycles. The van der Waals surface area contributed by atoms with Gasteiger partial charge in [0.2, 0.25) is 0 Å². The lowest BCUT2D eigenvalue weighted by atomic mass is 9.49. The standard InChI is InChI=1S/C16H28N2O/c17-15(16(19)1-3-18-4-2-16)14-12-6-10-5-11(8-12)9-13(14)7-10/h10-15,18-19H,1-9,17H2. The average Bonchev–Trinajstić information content (AvgIpc) is 2.38. The summed E-state index contributed by atoms with van der Waals surface area (Å²) >= 11 is 0. The molecule has 5 rings (SSSR count). The van der Waals surface area contributed by atoms with Gasteiger partial charge in [-0.15, -0.1) is 0 Å². The van der Waals surface area contributed by atoms with Crippen molar-refractivity contribution in [1.29, 1.82) is 0 Å². The molecule has 0 aromatic carbocycles. The molecule has 5 aliphatic rings. The molecule has 3 nitrogen and oxygen atoms in total. The molecule has 108 valence electrons. The smallest absolute Gasteiger partial charge is 0.0825 e. The maximum absolute atomic E-state index is 11.0. The molecule has 1 saturated heterocycles. The first-order chi connectivity index (χ1) is 9.16. The van der Waals surface area contributed by atoms with Gasteiger partial charge in [-0.05, 0) is 87.6 Å². The Morgan fingerprint density at radius 2 is 1.47 bits per heavy atom. The van der Waals surface area contributed by atoms with Gasteiger partial charge in [-0.3, -0.25) is 0 Å². The molecule has 0 radical (unpaired) electrons. The topological polar surface area (TPSA) is 58.3 Å². The molecular weight excluding hydrogens is 236 g/mol. The zero-order valence-corrected chi connectivity index (χ0v) is 11.9. The molecule has 4 bridgehead atoms. The van der Waals surface area contributed by atoms with Gasteiger partial charge < -0.3 is 16.2 Å². The number of nitrogens with one attached hydrogen (secondary N) is 1. The van der Waals surface area contributed by atoms with Crippen molar-refractivity contribution in [2.24, 2.45) is 35.3 Å². The second-order valence-corrected chi connectivity index (χ2v) is 7.89. The van der Waals surface area contributed by atoms with E-state index < -0.39 is 5.60 Å². The van der Waals surface area contributed by atoms with Crippen LogP contribution in [0.15, 0.2) is 0 Å². The lowest BCUT2D eigenvalue weighted by Crippen LogP contribution is -2.62. The third-order valence-corrected chi connectivity index (χ3v) is 6.80. The Labute approximate surface area is 116 Å². The summed E-state index contributed by atoms with van der Waals surface area (Å²) in [6, 6.07) is 0.0181. The minimum atomic E-state index is -0.592. The van der Waals surface area contributed by atoms with Gasteiger partial charge in [0.1, 0.15) is 0 Å². The Hall–Kier alpha value is -0.120. The highest BCUT2D eigenvalue weighted by molar-refractivity contribution is 5.06. The summed E-state index contributed by atoms with van der Waals surface area (Å²) in [4.78, 5) is 0. The number of aliphatic hydroxyl groups is 1. The SMILES string of the molecule is NC(C1C2CC3CC(C2)CC1C3)C1(O)CCNCC1. The van der Waals surface area contributed by atoms with Gasteiger partial charge in [0.15, 0.2) is 0 Å². The summed E-state index contributed by atoms with van der Waals surface area (Å²) in [7, 11) is 0. The lowest BCUT2D eigenvalue weighted by Gasteiger charge is -2.58. The first-order valence-corrected chi connectivity index (χ1v) is 8.34. The van der Waals surface area contributed by atoms with Gasteiger partial charge in [0, 0.05) is 6.04 Å². The van der Waals surface area contributed by atoms with Crippen LogP contribution in [0, 0.1) is 29.6 Å². The van der Waals surface area contributed by atoms with E-state index in [1.165, 1.54) is 32.1 Å². The zero-order valence-electron chi connectivity index (χ0n) is 11.9.